The highest BCUT2D eigenvalue weighted by atomic mass is 16.6. The Morgan fingerprint density at radius 2 is 2.10 bits per heavy atom. The highest BCUT2D eigenvalue weighted by Crippen LogP contribution is 2.39. The first-order valence-corrected chi connectivity index (χ1v) is 7.82. The van der Waals surface area contributed by atoms with Crippen LogP contribution in [-0.2, 0) is 0 Å². The summed E-state index contributed by atoms with van der Waals surface area (Å²) in [5, 5.41) is 14.3. The number of fused-ring (bicyclic) bond motifs is 1. The molecule has 0 amide bonds. The van der Waals surface area contributed by atoms with Gasteiger partial charge in [0.25, 0.3) is 5.69 Å². The zero-order valence-electron chi connectivity index (χ0n) is 12.7. The van der Waals surface area contributed by atoms with Crippen molar-refractivity contribution in [2.45, 2.75) is 32.4 Å². The van der Waals surface area contributed by atoms with Crippen LogP contribution in [0.3, 0.4) is 0 Å². The van der Waals surface area contributed by atoms with Crippen LogP contribution in [0.5, 0.6) is 0 Å². The number of hydrogen-bond acceptors (Lipinski definition) is 4. The Hall–Kier alpha value is -1.46. The smallest absolute Gasteiger partial charge is 0.269 e. The Kier molecular flexibility index (Phi) is 3.95. The summed E-state index contributed by atoms with van der Waals surface area (Å²) in [5.41, 5.74) is 1.34. The third-order valence-corrected chi connectivity index (χ3v) is 5.26. The molecule has 0 radical (unpaired) electrons. The van der Waals surface area contributed by atoms with E-state index in [4.69, 9.17) is 0 Å². The first-order chi connectivity index (χ1) is 10.1. The second-order valence-corrected chi connectivity index (χ2v) is 6.28. The molecule has 5 nitrogen and oxygen atoms in total. The van der Waals surface area contributed by atoms with Gasteiger partial charge in [-0.05, 0) is 43.8 Å². The van der Waals surface area contributed by atoms with Crippen LogP contribution in [0.4, 0.5) is 5.69 Å². The van der Waals surface area contributed by atoms with Gasteiger partial charge in [-0.3, -0.25) is 15.0 Å². The summed E-state index contributed by atoms with van der Waals surface area (Å²) in [6.07, 6.45) is 1.17. The fourth-order valence-electron chi connectivity index (χ4n) is 4.10. The highest BCUT2D eigenvalue weighted by Gasteiger charge is 2.44. The Bertz CT molecular complexity index is 517. The fourth-order valence-corrected chi connectivity index (χ4v) is 4.10. The molecule has 2 heterocycles. The molecule has 2 aliphatic rings. The van der Waals surface area contributed by atoms with Crippen molar-refractivity contribution in [2.24, 2.45) is 11.8 Å². The molecular weight excluding hydrogens is 266 g/mol. The molecule has 1 aromatic rings. The van der Waals surface area contributed by atoms with Crippen molar-refractivity contribution >= 4 is 5.69 Å². The molecule has 4 atom stereocenters. The molecule has 4 unspecified atom stereocenters. The second-order valence-electron chi connectivity index (χ2n) is 6.28. The third-order valence-electron chi connectivity index (χ3n) is 5.26. The van der Waals surface area contributed by atoms with Crippen LogP contribution in [-0.4, -0.2) is 35.5 Å². The molecule has 1 aromatic carbocycles. The van der Waals surface area contributed by atoms with Gasteiger partial charge in [0, 0.05) is 30.8 Å². The van der Waals surface area contributed by atoms with Crippen molar-refractivity contribution in [1.29, 1.82) is 0 Å². The van der Waals surface area contributed by atoms with Crippen molar-refractivity contribution in [3.05, 3.63) is 39.9 Å². The standard InChI is InChI=1S/C16H23N3O2/c1-3-16-15-9-17-8-13(15)10-18(16)11(2)12-4-6-14(7-5-12)19(20)21/h4-7,11,13,15-17H,3,8-10H2,1-2H3. The van der Waals surface area contributed by atoms with E-state index >= 15 is 0 Å². The van der Waals surface area contributed by atoms with Gasteiger partial charge in [0.1, 0.15) is 0 Å². The number of benzene rings is 1. The average Bonchev–Trinajstić information content (AvgIpc) is 3.06. The molecule has 114 valence electrons. The van der Waals surface area contributed by atoms with Gasteiger partial charge in [-0.2, -0.15) is 0 Å². The van der Waals surface area contributed by atoms with Gasteiger partial charge < -0.3 is 5.32 Å². The molecule has 0 saturated carbocycles. The number of nitro benzene ring substituents is 1. The second kappa shape index (κ2) is 5.73. The summed E-state index contributed by atoms with van der Waals surface area (Å²) < 4.78 is 0. The number of nitro groups is 1. The van der Waals surface area contributed by atoms with E-state index in [0.29, 0.717) is 12.1 Å². The quantitative estimate of drug-likeness (QED) is 0.683. The lowest BCUT2D eigenvalue weighted by Crippen LogP contribution is -2.36. The van der Waals surface area contributed by atoms with Crippen molar-refractivity contribution in [3.8, 4) is 0 Å². The van der Waals surface area contributed by atoms with E-state index in [9.17, 15) is 10.1 Å². The molecule has 0 spiro atoms. The Balaban J connectivity index is 1.78. The zero-order chi connectivity index (χ0) is 15.0. The summed E-state index contributed by atoms with van der Waals surface area (Å²) >= 11 is 0. The van der Waals surface area contributed by atoms with Crippen molar-refractivity contribution in [1.82, 2.24) is 10.2 Å². The Morgan fingerprint density at radius 3 is 2.71 bits per heavy atom. The van der Waals surface area contributed by atoms with E-state index in [0.717, 1.165) is 31.5 Å². The van der Waals surface area contributed by atoms with E-state index < -0.39 is 0 Å². The van der Waals surface area contributed by atoms with Gasteiger partial charge in [0.2, 0.25) is 0 Å². The van der Waals surface area contributed by atoms with Crippen LogP contribution < -0.4 is 5.32 Å². The SMILES string of the molecule is CCC1C2CNCC2CN1C(C)c1ccc([N+](=O)[O-])cc1. The van der Waals surface area contributed by atoms with Gasteiger partial charge in [-0.1, -0.05) is 19.1 Å². The van der Waals surface area contributed by atoms with Crippen molar-refractivity contribution < 1.29 is 4.92 Å². The summed E-state index contributed by atoms with van der Waals surface area (Å²) in [6, 6.07) is 7.98. The van der Waals surface area contributed by atoms with Crippen LogP contribution >= 0.6 is 0 Å². The average molecular weight is 289 g/mol. The predicted molar refractivity (Wildman–Crippen MR) is 82.1 cm³/mol. The maximum atomic E-state index is 10.8. The van der Waals surface area contributed by atoms with E-state index in [1.807, 2.05) is 12.1 Å². The molecule has 21 heavy (non-hydrogen) atoms. The molecule has 1 N–H and O–H groups in total. The van der Waals surface area contributed by atoms with Crippen LogP contribution in [0, 0.1) is 22.0 Å². The summed E-state index contributed by atoms with van der Waals surface area (Å²) in [4.78, 5) is 13.0. The number of nitrogens with one attached hydrogen (secondary N) is 1. The van der Waals surface area contributed by atoms with E-state index in [2.05, 4.69) is 24.1 Å². The van der Waals surface area contributed by atoms with Crippen molar-refractivity contribution in [3.63, 3.8) is 0 Å². The summed E-state index contributed by atoms with van der Waals surface area (Å²) in [7, 11) is 0. The maximum Gasteiger partial charge on any atom is 0.269 e. The topological polar surface area (TPSA) is 58.4 Å². The molecule has 0 aromatic heterocycles. The lowest BCUT2D eigenvalue weighted by molar-refractivity contribution is -0.384. The lowest BCUT2D eigenvalue weighted by atomic mass is 9.92. The van der Waals surface area contributed by atoms with Crippen LogP contribution in [0.2, 0.25) is 0 Å². The van der Waals surface area contributed by atoms with E-state index in [-0.39, 0.29) is 10.6 Å². The maximum absolute atomic E-state index is 10.8. The number of hydrogen-bond donors (Lipinski definition) is 1. The minimum Gasteiger partial charge on any atom is -0.316 e. The molecule has 2 aliphatic heterocycles. The minimum atomic E-state index is -0.338. The number of rotatable bonds is 4. The third kappa shape index (κ3) is 2.56. The van der Waals surface area contributed by atoms with Gasteiger partial charge in [0.15, 0.2) is 0 Å². The first-order valence-electron chi connectivity index (χ1n) is 7.82. The largest absolute Gasteiger partial charge is 0.316 e. The number of nitrogens with zero attached hydrogens (tertiary/aromatic N) is 2. The molecule has 2 saturated heterocycles. The van der Waals surface area contributed by atoms with Gasteiger partial charge in [0.05, 0.1) is 4.92 Å². The number of likely N-dealkylation sites (tertiary alicyclic amines) is 1. The normalized spacial score (nSPS) is 30.3. The molecule has 3 rings (SSSR count). The first kappa shape index (κ1) is 14.5. The molecule has 5 heteroatoms. The molecule has 2 fully saturated rings. The molecular formula is C16H23N3O2. The Morgan fingerprint density at radius 1 is 1.38 bits per heavy atom. The summed E-state index contributed by atoms with van der Waals surface area (Å²) in [6.45, 7) is 7.88. The highest BCUT2D eigenvalue weighted by molar-refractivity contribution is 5.34. The minimum absolute atomic E-state index is 0.167. The van der Waals surface area contributed by atoms with Crippen LogP contribution in [0.1, 0.15) is 31.9 Å². The number of non-ortho nitro benzene ring substituents is 1. The molecule has 0 aliphatic carbocycles. The summed E-state index contributed by atoms with van der Waals surface area (Å²) in [5.74, 6) is 1.52. The van der Waals surface area contributed by atoms with E-state index in [1.165, 1.54) is 12.0 Å². The van der Waals surface area contributed by atoms with Gasteiger partial charge in [-0.15, -0.1) is 0 Å². The monoisotopic (exact) mass is 289 g/mol. The van der Waals surface area contributed by atoms with Crippen LogP contribution in [0.15, 0.2) is 24.3 Å². The zero-order valence-corrected chi connectivity index (χ0v) is 12.7. The molecule has 0 bridgehead atoms. The fraction of sp³-hybridized carbons (Fsp3) is 0.625. The van der Waals surface area contributed by atoms with Crippen molar-refractivity contribution in [2.75, 3.05) is 19.6 Å². The Labute approximate surface area is 125 Å². The van der Waals surface area contributed by atoms with E-state index in [1.54, 1.807) is 12.1 Å². The predicted octanol–water partition coefficient (Wildman–Crippen LogP) is 2.59. The van der Waals surface area contributed by atoms with Gasteiger partial charge >= 0.3 is 0 Å². The van der Waals surface area contributed by atoms with Gasteiger partial charge in [-0.25, -0.2) is 0 Å². The van der Waals surface area contributed by atoms with Crippen LogP contribution in [0.25, 0.3) is 0 Å². The lowest BCUT2D eigenvalue weighted by Gasteiger charge is -2.32.